The van der Waals surface area contributed by atoms with Gasteiger partial charge in [-0.25, -0.2) is 0 Å². The molecular formula is C9H12. The molecule has 0 spiro atoms. The molecule has 0 saturated carbocycles. The summed E-state index contributed by atoms with van der Waals surface area (Å²) in [6.45, 7) is 2.25. The van der Waals surface area contributed by atoms with Crippen molar-refractivity contribution in [3.05, 3.63) is 23.8 Å². The molecule has 0 bridgehead atoms. The highest BCUT2D eigenvalue weighted by Gasteiger charge is 2.27. The Labute approximate surface area is 56.3 Å². The van der Waals surface area contributed by atoms with Gasteiger partial charge in [0, 0.05) is 5.92 Å². The van der Waals surface area contributed by atoms with Crippen LogP contribution in [-0.2, 0) is 0 Å². The normalized spacial score (nSPS) is 39.0. The maximum absolute atomic E-state index is 2.39. The lowest BCUT2D eigenvalue weighted by atomic mass is 9.96. The fraction of sp³-hybridized carbons (Fsp3) is 0.556. The minimum atomic E-state index is 0.824. The van der Waals surface area contributed by atoms with Crippen LogP contribution in [0.1, 0.15) is 19.8 Å². The molecule has 0 N–H and O–H groups in total. The van der Waals surface area contributed by atoms with Crippen molar-refractivity contribution in [2.24, 2.45) is 11.8 Å². The molecule has 0 aromatic carbocycles. The molecule has 0 heteroatoms. The lowest BCUT2D eigenvalue weighted by Crippen LogP contribution is -2.00. The van der Waals surface area contributed by atoms with Crippen molar-refractivity contribution in [3.63, 3.8) is 0 Å². The molecular weight excluding hydrogens is 108 g/mol. The van der Waals surface area contributed by atoms with Gasteiger partial charge in [-0.05, 0) is 25.7 Å². The topological polar surface area (TPSA) is 0 Å². The van der Waals surface area contributed by atoms with E-state index in [4.69, 9.17) is 0 Å². The summed E-state index contributed by atoms with van der Waals surface area (Å²) in [4.78, 5) is 0. The summed E-state index contributed by atoms with van der Waals surface area (Å²) in [5.41, 5.74) is 1.59. The van der Waals surface area contributed by atoms with Crippen LogP contribution in [0.4, 0.5) is 0 Å². The summed E-state index contributed by atoms with van der Waals surface area (Å²) >= 11 is 0. The van der Waals surface area contributed by atoms with Crippen molar-refractivity contribution in [2.75, 3.05) is 0 Å². The molecule has 48 valence electrons. The van der Waals surface area contributed by atoms with Crippen LogP contribution in [0.25, 0.3) is 0 Å². The molecule has 9 heavy (non-hydrogen) atoms. The first-order valence-corrected chi connectivity index (χ1v) is 3.71. The third kappa shape index (κ3) is 0.658. The van der Waals surface area contributed by atoms with Gasteiger partial charge in [-0.1, -0.05) is 23.8 Å². The van der Waals surface area contributed by atoms with E-state index < -0.39 is 0 Å². The summed E-state index contributed by atoms with van der Waals surface area (Å²) in [6.07, 6.45) is 9.72. The van der Waals surface area contributed by atoms with Gasteiger partial charge in [-0.15, -0.1) is 0 Å². The second-order valence-electron chi connectivity index (χ2n) is 3.13. The summed E-state index contributed by atoms with van der Waals surface area (Å²) < 4.78 is 0. The Hall–Kier alpha value is -0.520. The first-order valence-electron chi connectivity index (χ1n) is 3.71. The second kappa shape index (κ2) is 1.73. The Bertz CT molecular complexity index is 174. The van der Waals surface area contributed by atoms with E-state index in [1.54, 1.807) is 5.57 Å². The molecule has 0 saturated heterocycles. The van der Waals surface area contributed by atoms with E-state index in [0.717, 1.165) is 11.8 Å². The molecule has 0 aromatic rings. The van der Waals surface area contributed by atoms with Gasteiger partial charge in [0.15, 0.2) is 0 Å². The van der Waals surface area contributed by atoms with Crippen LogP contribution in [0.15, 0.2) is 23.8 Å². The molecule has 0 unspecified atom stereocenters. The third-order valence-electron chi connectivity index (χ3n) is 2.56. The molecule has 0 fully saturated rings. The van der Waals surface area contributed by atoms with Crippen molar-refractivity contribution in [1.82, 2.24) is 0 Å². The van der Waals surface area contributed by atoms with Crippen molar-refractivity contribution in [3.8, 4) is 0 Å². The molecule has 2 aliphatic rings. The van der Waals surface area contributed by atoms with Crippen molar-refractivity contribution in [2.45, 2.75) is 19.8 Å². The summed E-state index contributed by atoms with van der Waals surface area (Å²) in [5.74, 6) is 1.77. The summed E-state index contributed by atoms with van der Waals surface area (Å²) in [7, 11) is 0. The SMILES string of the molecule is CC1=CC[C@@H]2CC=C[C@H]12. The van der Waals surface area contributed by atoms with E-state index in [2.05, 4.69) is 25.2 Å². The van der Waals surface area contributed by atoms with Crippen LogP contribution < -0.4 is 0 Å². The van der Waals surface area contributed by atoms with Crippen LogP contribution >= 0.6 is 0 Å². The molecule has 0 aliphatic heterocycles. The molecule has 2 rings (SSSR count). The van der Waals surface area contributed by atoms with Crippen LogP contribution in [-0.4, -0.2) is 0 Å². The number of rotatable bonds is 0. The Morgan fingerprint density at radius 2 is 2.33 bits per heavy atom. The second-order valence-corrected chi connectivity index (χ2v) is 3.13. The summed E-state index contributed by atoms with van der Waals surface area (Å²) in [5, 5.41) is 0. The van der Waals surface area contributed by atoms with Crippen LogP contribution in [0, 0.1) is 11.8 Å². The zero-order chi connectivity index (χ0) is 6.27. The zero-order valence-corrected chi connectivity index (χ0v) is 5.80. The number of hydrogen-bond acceptors (Lipinski definition) is 0. The van der Waals surface area contributed by atoms with Gasteiger partial charge < -0.3 is 0 Å². The third-order valence-corrected chi connectivity index (χ3v) is 2.56. The van der Waals surface area contributed by atoms with Gasteiger partial charge in [0.25, 0.3) is 0 Å². The standard InChI is InChI=1S/C9H12/c1-7-5-6-8-3-2-4-9(7)8/h2,4-5,8-9H,3,6H2,1H3/t8-,9+/m0/s1. The monoisotopic (exact) mass is 120 g/mol. The van der Waals surface area contributed by atoms with Gasteiger partial charge in [0.1, 0.15) is 0 Å². The molecule has 0 nitrogen and oxygen atoms in total. The zero-order valence-electron chi connectivity index (χ0n) is 5.80. The van der Waals surface area contributed by atoms with E-state index in [1.807, 2.05) is 0 Å². The first kappa shape index (κ1) is 5.28. The Morgan fingerprint density at radius 3 is 3.11 bits per heavy atom. The number of fused-ring (bicyclic) bond motifs is 1. The Kier molecular flexibility index (Phi) is 1.01. The fourth-order valence-electron chi connectivity index (χ4n) is 1.94. The smallest absolute Gasteiger partial charge is 0.000815 e. The molecule has 0 heterocycles. The predicted octanol–water partition coefficient (Wildman–Crippen LogP) is 2.53. The van der Waals surface area contributed by atoms with Gasteiger partial charge in [-0.2, -0.15) is 0 Å². The van der Waals surface area contributed by atoms with Gasteiger partial charge in [0.05, 0.1) is 0 Å². The maximum atomic E-state index is 2.39. The predicted molar refractivity (Wildman–Crippen MR) is 39.1 cm³/mol. The maximum Gasteiger partial charge on any atom is 0.000815 e. The molecule has 2 aliphatic carbocycles. The Morgan fingerprint density at radius 1 is 1.44 bits per heavy atom. The highest BCUT2D eigenvalue weighted by molar-refractivity contribution is 5.23. The highest BCUT2D eigenvalue weighted by Crippen LogP contribution is 2.39. The van der Waals surface area contributed by atoms with E-state index in [0.29, 0.717) is 0 Å². The van der Waals surface area contributed by atoms with Crippen LogP contribution in [0.5, 0.6) is 0 Å². The Balaban J connectivity index is 2.25. The molecule has 0 aromatic heterocycles. The van der Waals surface area contributed by atoms with Crippen molar-refractivity contribution >= 4 is 0 Å². The average Bonchev–Trinajstić information content (AvgIpc) is 2.35. The minimum absolute atomic E-state index is 0.824. The largest absolute Gasteiger partial charge is 0.0876 e. The molecule has 0 radical (unpaired) electrons. The summed E-state index contributed by atoms with van der Waals surface area (Å²) in [6, 6.07) is 0. The highest BCUT2D eigenvalue weighted by atomic mass is 14.3. The van der Waals surface area contributed by atoms with E-state index in [1.165, 1.54) is 12.8 Å². The number of allylic oxidation sites excluding steroid dienone is 4. The van der Waals surface area contributed by atoms with E-state index in [-0.39, 0.29) is 0 Å². The average molecular weight is 120 g/mol. The van der Waals surface area contributed by atoms with Gasteiger partial charge in [0.2, 0.25) is 0 Å². The van der Waals surface area contributed by atoms with Crippen LogP contribution in [0.2, 0.25) is 0 Å². The quantitative estimate of drug-likeness (QED) is 0.431. The first-order chi connectivity index (χ1) is 4.38. The van der Waals surface area contributed by atoms with Gasteiger partial charge in [-0.3, -0.25) is 0 Å². The van der Waals surface area contributed by atoms with Gasteiger partial charge >= 0.3 is 0 Å². The van der Waals surface area contributed by atoms with E-state index in [9.17, 15) is 0 Å². The lowest BCUT2D eigenvalue weighted by Gasteiger charge is -2.08. The van der Waals surface area contributed by atoms with Crippen molar-refractivity contribution in [1.29, 1.82) is 0 Å². The van der Waals surface area contributed by atoms with Crippen LogP contribution in [0.3, 0.4) is 0 Å². The van der Waals surface area contributed by atoms with Crippen molar-refractivity contribution < 1.29 is 0 Å². The lowest BCUT2D eigenvalue weighted by molar-refractivity contribution is 0.513. The molecule has 2 atom stereocenters. The molecule has 0 amide bonds. The minimum Gasteiger partial charge on any atom is -0.0876 e. The number of hydrogen-bond donors (Lipinski definition) is 0. The van der Waals surface area contributed by atoms with E-state index >= 15 is 0 Å². The fourth-order valence-corrected chi connectivity index (χ4v) is 1.94.